The van der Waals surface area contributed by atoms with E-state index in [0.717, 1.165) is 12.8 Å². The molecule has 29 heavy (non-hydrogen) atoms. The van der Waals surface area contributed by atoms with Crippen molar-refractivity contribution >= 4 is 11.8 Å². The Morgan fingerprint density at radius 3 is 2.93 bits per heavy atom. The summed E-state index contributed by atoms with van der Waals surface area (Å²) in [4.78, 5) is 31.1. The Balaban J connectivity index is 1.24. The molecule has 1 spiro atoms. The van der Waals surface area contributed by atoms with Crippen molar-refractivity contribution in [1.82, 2.24) is 25.5 Å². The van der Waals surface area contributed by atoms with Crippen LogP contribution >= 0.6 is 0 Å². The molecule has 154 valence electrons. The molecule has 0 aliphatic carbocycles. The number of hydrogen-bond donors (Lipinski definition) is 1. The number of nitrogens with one attached hydrogen (secondary N) is 1. The minimum Gasteiger partial charge on any atom is -0.448 e. The summed E-state index contributed by atoms with van der Waals surface area (Å²) in [6.45, 7) is 5.19. The molecule has 0 aromatic carbocycles. The summed E-state index contributed by atoms with van der Waals surface area (Å²) in [6.07, 6.45) is 3.56. The van der Waals surface area contributed by atoms with Crippen molar-refractivity contribution in [3.05, 3.63) is 29.2 Å². The van der Waals surface area contributed by atoms with Crippen LogP contribution in [0.4, 0.5) is 0 Å². The van der Waals surface area contributed by atoms with Crippen LogP contribution < -0.4 is 5.32 Å². The Hall–Kier alpha value is -2.75. The third-order valence-electron chi connectivity index (χ3n) is 6.55. The second-order valence-corrected chi connectivity index (χ2v) is 8.24. The maximum Gasteiger partial charge on any atom is 0.273 e. The van der Waals surface area contributed by atoms with E-state index in [9.17, 15) is 9.59 Å². The number of aryl methyl sites for hydroxylation is 2. The van der Waals surface area contributed by atoms with Crippen LogP contribution in [-0.4, -0.2) is 63.4 Å². The number of ether oxygens (including phenoxy) is 1. The van der Waals surface area contributed by atoms with Crippen LogP contribution in [-0.2, 0) is 16.0 Å². The molecule has 3 aliphatic rings. The van der Waals surface area contributed by atoms with Gasteiger partial charge in [-0.3, -0.25) is 9.59 Å². The minimum atomic E-state index is -0.294. The van der Waals surface area contributed by atoms with Gasteiger partial charge in [0.2, 0.25) is 5.91 Å². The topological polar surface area (TPSA) is 124 Å². The van der Waals surface area contributed by atoms with E-state index >= 15 is 0 Å². The van der Waals surface area contributed by atoms with Crippen molar-refractivity contribution < 1.29 is 23.4 Å². The summed E-state index contributed by atoms with van der Waals surface area (Å²) in [5, 5.41) is 10.5. The summed E-state index contributed by atoms with van der Waals surface area (Å²) >= 11 is 0. The first-order chi connectivity index (χ1) is 13.9. The number of likely N-dealkylation sites (tertiary alicyclic amines) is 1. The number of oxazole rings is 1. The summed E-state index contributed by atoms with van der Waals surface area (Å²) in [5.74, 6) is 0.592. The fourth-order valence-electron chi connectivity index (χ4n) is 5.09. The molecule has 3 aliphatic heterocycles. The molecule has 10 nitrogen and oxygen atoms in total. The van der Waals surface area contributed by atoms with Gasteiger partial charge < -0.3 is 19.4 Å². The Labute approximate surface area is 166 Å². The van der Waals surface area contributed by atoms with Crippen molar-refractivity contribution in [2.45, 2.75) is 44.8 Å². The van der Waals surface area contributed by atoms with Crippen LogP contribution in [0.25, 0.3) is 0 Å². The third kappa shape index (κ3) is 3.02. The highest BCUT2D eigenvalue weighted by molar-refractivity contribution is 5.91. The largest absolute Gasteiger partial charge is 0.448 e. The maximum atomic E-state index is 12.8. The van der Waals surface area contributed by atoms with E-state index in [1.165, 1.54) is 6.26 Å². The predicted molar refractivity (Wildman–Crippen MR) is 96.7 cm³/mol. The Morgan fingerprint density at radius 2 is 2.21 bits per heavy atom. The molecule has 3 saturated heterocycles. The quantitative estimate of drug-likeness (QED) is 0.775. The Bertz CT molecular complexity index is 954. The lowest BCUT2D eigenvalue weighted by molar-refractivity contribution is -0.131. The molecule has 2 aromatic rings. The third-order valence-corrected chi connectivity index (χ3v) is 6.55. The molecule has 0 radical (unpaired) electrons. The molecular weight excluding hydrogens is 378 g/mol. The van der Waals surface area contributed by atoms with Gasteiger partial charge in [-0.1, -0.05) is 10.3 Å². The van der Waals surface area contributed by atoms with Gasteiger partial charge in [0.15, 0.2) is 11.6 Å². The molecular formula is C19H23N5O5. The molecule has 5 rings (SSSR count). The highest BCUT2D eigenvalue weighted by Gasteiger charge is 2.63. The summed E-state index contributed by atoms with van der Waals surface area (Å²) in [7, 11) is 0. The number of fused-ring (bicyclic) bond motifs is 1. The predicted octanol–water partition coefficient (Wildman–Crippen LogP) is 0.653. The zero-order valence-electron chi connectivity index (χ0n) is 16.4. The maximum absolute atomic E-state index is 12.8. The van der Waals surface area contributed by atoms with Crippen molar-refractivity contribution in [1.29, 1.82) is 0 Å². The van der Waals surface area contributed by atoms with Gasteiger partial charge >= 0.3 is 0 Å². The molecule has 3 fully saturated rings. The lowest BCUT2D eigenvalue weighted by atomic mass is 9.73. The number of rotatable bonds is 5. The molecule has 1 N–H and O–H groups in total. The van der Waals surface area contributed by atoms with Crippen LogP contribution in [0.15, 0.2) is 15.3 Å². The monoisotopic (exact) mass is 401 g/mol. The first-order valence-electron chi connectivity index (χ1n) is 9.89. The van der Waals surface area contributed by atoms with Crippen LogP contribution in [0.5, 0.6) is 0 Å². The number of carbonyl (C=O) groups excluding carboxylic acids is 2. The van der Waals surface area contributed by atoms with Gasteiger partial charge in [0.05, 0.1) is 24.7 Å². The van der Waals surface area contributed by atoms with E-state index in [2.05, 4.69) is 20.6 Å². The molecule has 2 aromatic heterocycles. The second kappa shape index (κ2) is 6.65. The van der Waals surface area contributed by atoms with E-state index in [1.54, 1.807) is 13.8 Å². The van der Waals surface area contributed by atoms with E-state index in [4.69, 9.17) is 13.8 Å². The van der Waals surface area contributed by atoms with Crippen molar-refractivity contribution in [3.63, 3.8) is 0 Å². The van der Waals surface area contributed by atoms with Gasteiger partial charge in [0.25, 0.3) is 5.91 Å². The van der Waals surface area contributed by atoms with Gasteiger partial charge in [-0.05, 0) is 19.8 Å². The lowest BCUT2D eigenvalue weighted by Crippen LogP contribution is -2.42. The first kappa shape index (κ1) is 18.3. The summed E-state index contributed by atoms with van der Waals surface area (Å²) < 4.78 is 16.2. The molecule has 4 atom stereocenters. The van der Waals surface area contributed by atoms with Crippen LogP contribution in [0, 0.1) is 25.7 Å². The number of aromatic nitrogens is 3. The number of nitrogens with zero attached hydrogens (tertiary/aromatic N) is 4. The molecule has 2 bridgehead atoms. The number of hydrogen-bond acceptors (Lipinski definition) is 8. The lowest BCUT2D eigenvalue weighted by Gasteiger charge is -2.29. The smallest absolute Gasteiger partial charge is 0.273 e. The van der Waals surface area contributed by atoms with Gasteiger partial charge in [-0.2, -0.15) is 0 Å². The second-order valence-electron chi connectivity index (χ2n) is 8.24. The van der Waals surface area contributed by atoms with Crippen molar-refractivity contribution in [2.24, 2.45) is 11.8 Å². The van der Waals surface area contributed by atoms with Crippen LogP contribution in [0.3, 0.4) is 0 Å². The van der Waals surface area contributed by atoms with E-state index in [0.29, 0.717) is 36.9 Å². The fraction of sp³-hybridized carbons (Fsp3) is 0.632. The summed E-state index contributed by atoms with van der Waals surface area (Å²) in [6, 6.07) is 0. The Kier molecular flexibility index (Phi) is 4.19. The average Bonchev–Trinajstić information content (AvgIpc) is 3.48. The standard InChI is InChI=1S/C19H23N5O5/c1-10-14(23-29-22-10)5-17(25)24-7-13-12(16-3-4-19(13,9-24)28-16)6-20-18(26)15-8-27-11(2)21-15/h8,12-13,16H,3-7,9H2,1-2H3,(H,20,26)/t12-,13+,16+,19+/m0/s1. The van der Waals surface area contributed by atoms with Crippen molar-refractivity contribution in [3.8, 4) is 0 Å². The van der Waals surface area contributed by atoms with E-state index in [1.807, 2.05) is 4.90 Å². The van der Waals surface area contributed by atoms with Gasteiger partial charge in [0, 0.05) is 31.8 Å². The zero-order valence-corrected chi connectivity index (χ0v) is 16.4. The van der Waals surface area contributed by atoms with Gasteiger partial charge in [0.1, 0.15) is 17.7 Å². The summed E-state index contributed by atoms with van der Waals surface area (Å²) in [5.41, 5.74) is 1.19. The minimum absolute atomic E-state index is 0.000447. The molecule has 2 amide bonds. The highest BCUT2D eigenvalue weighted by atomic mass is 16.6. The van der Waals surface area contributed by atoms with E-state index < -0.39 is 0 Å². The van der Waals surface area contributed by atoms with Crippen molar-refractivity contribution in [2.75, 3.05) is 19.6 Å². The normalized spacial score (nSPS) is 30.0. The van der Waals surface area contributed by atoms with Gasteiger partial charge in [-0.15, -0.1) is 0 Å². The zero-order chi connectivity index (χ0) is 20.2. The molecule has 0 saturated carbocycles. The average molecular weight is 401 g/mol. The van der Waals surface area contributed by atoms with Crippen LogP contribution in [0.2, 0.25) is 0 Å². The number of carbonyl (C=O) groups is 2. The first-order valence-corrected chi connectivity index (χ1v) is 9.89. The van der Waals surface area contributed by atoms with Crippen LogP contribution in [0.1, 0.15) is 40.6 Å². The highest BCUT2D eigenvalue weighted by Crippen LogP contribution is 2.54. The molecule has 5 heterocycles. The molecule has 10 heteroatoms. The Morgan fingerprint density at radius 1 is 1.34 bits per heavy atom. The SMILES string of the molecule is Cc1nc(C(=O)NC[C@H]2[C@H]3CN(C(=O)Cc4nonc4C)C[C@]34CC[C@H]2O4)co1. The number of amides is 2. The fourth-order valence-corrected chi connectivity index (χ4v) is 5.09. The van der Waals surface area contributed by atoms with E-state index in [-0.39, 0.29) is 47.5 Å². The molecule has 0 unspecified atom stereocenters. The van der Waals surface area contributed by atoms with Gasteiger partial charge in [-0.25, -0.2) is 9.61 Å².